The first-order valence-corrected chi connectivity index (χ1v) is 5.92. The van der Waals surface area contributed by atoms with Crippen molar-refractivity contribution in [1.82, 2.24) is 9.88 Å². The van der Waals surface area contributed by atoms with E-state index in [0.29, 0.717) is 17.8 Å². The monoisotopic (exact) mass is 256 g/mol. The Bertz CT molecular complexity index is 556. The van der Waals surface area contributed by atoms with Crippen molar-refractivity contribution in [2.75, 3.05) is 12.5 Å². The van der Waals surface area contributed by atoms with E-state index in [-0.39, 0.29) is 5.91 Å². The predicted octanol–water partition coefficient (Wildman–Crippen LogP) is 1.64. The third-order valence-electron chi connectivity index (χ3n) is 2.82. The van der Waals surface area contributed by atoms with Crippen LogP contribution in [0.15, 0.2) is 48.8 Å². The van der Waals surface area contributed by atoms with Gasteiger partial charge < -0.3 is 10.3 Å². The number of nitrogens with zero attached hydrogens (tertiary/aromatic N) is 2. The number of anilines is 1. The van der Waals surface area contributed by atoms with Crippen molar-refractivity contribution in [2.24, 2.45) is 5.84 Å². The fourth-order valence-electron chi connectivity index (χ4n) is 1.83. The lowest BCUT2D eigenvalue weighted by molar-refractivity contribution is 0.0785. The minimum Gasteiger partial charge on any atom is -0.337 e. The van der Waals surface area contributed by atoms with Crippen LogP contribution in [-0.2, 0) is 6.54 Å². The smallest absolute Gasteiger partial charge is 0.257 e. The highest BCUT2D eigenvalue weighted by Gasteiger charge is 2.15. The summed E-state index contributed by atoms with van der Waals surface area (Å²) in [6, 6.07) is 11.5. The third kappa shape index (κ3) is 3.08. The van der Waals surface area contributed by atoms with Crippen molar-refractivity contribution in [3.63, 3.8) is 0 Å². The maximum absolute atomic E-state index is 12.3. The highest BCUT2D eigenvalue weighted by Crippen LogP contribution is 2.15. The summed E-state index contributed by atoms with van der Waals surface area (Å²) in [5, 5.41) is 0. The number of aromatic nitrogens is 1. The number of benzene rings is 1. The summed E-state index contributed by atoms with van der Waals surface area (Å²) in [5.74, 6) is 5.27. The SMILES string of the molecule is CN(Cc1ccccc1)C(=O)c1cnccc1NN. The molecule has 2 rings (SSSR count). The van der Waals surface area contributed by atoms with E-state index < -0.39 is 0 Å². The summed E-state index contributed by atoms with van der Waals surface area (Å²) >= 11 is 0. The fourth-order valence-corrected chi connectivity index (χ4v) is 1.83. The van der Waals surface area contributed by atoms with Crippen LogP contribution in [0.3, 0.4) is 0 Å². The van der Waals surface area contributed by atoms with Gasteiger partial charge in [0.25, 0.3) is 5.91 Å². The predicted molar refractivity (Wildman–Crippen MR) is 74.3 cm³/mol. The van der Waals surface area contributed by atoms with Gasteiger partial charge in [-0.05, 0) is 11.6 Å². The number of pyridine rings is 1. The number of nitrogen functional groups attached to an aromatic ring is 1. The van der Waals surface area contributed by atoms with Crippen LogP contribution in [-0.4, -0.2) is 22.8 Å². The molecule has 0 bridgehead atoms. The van der Waals surface area contributed by atoms with Crippen molar-refractivity contribution in [3.8, 4) is 0 Å². The van der Waals surface area contributed by atoms with Crippen LogP contribution in [0.4, 0.5) is 5.69 Å². The maximum Gasteiger partial charge on any atom is 0.257 e. The Morgan fingerprint density at radius 2 is 2.05 bits per heavy atom. The highest BCUT2D eigenvalue weighted by molar-refractivity contribution is 5.99. The van der Waals surface area contributed by atoms with E-state index in [1.165, 1.54) is 6.20 Å². The van der Waals surface area contributed by atoms with Crippen LogP contribution < -0.4 is 11.3 Å². The molecule has 1 amide bonds. The van der Waals surface area contributed by atoms with Crippen molar-refractivity contribution in [1.29, 1.82) is 0 Å². The minimum absolute atomic E-state index is 0.120. The molecular weight excluding hydrogens is 240 g/mol. The van der Waals surface area contributed by atoms with Gasteiger partial charge in [-0.15, -0.1) is 0 Å². The molecule has 0 unspecified atom stereocenters. The zero-order chi connectivity index (χ0) is 13.7. The molecule has 0 aliphatic heterocycles. The van der Waals surface area contributed by atoms with Gasteiger partial charge >= 0.3 is 0 Å². The Morgan fingerprint density at radius 1 is 1.32 bits per heavy atom. The van der Waals surface area contributed by atoms with Gasteiger partial charge in [-0.1, -0.05) is 30.3 Å². The van der Waals surface area contributed by atoms with Gasteiger partial charge in [-0.2, -0.15) is 0 Å². The molecule has 0 aliphatic rings. The molecule has 0 atom stereocenters. The second-order valence-electron chi connectivity index (χ2n) is 4.21. The number of rotatable bonds is 4. The number of hydrazine groups is 1. The molecule has 0 fully saturated rings. The molecule has 5 nitrogen and oxygen atoms in total. The molecule has 1 heterocycles. The molecule has 3 N–H and O–H groups in total. The quantitative estimate of drug-likeness (QED) is 0.644. The molecule has 1 aromatic heterocycles. The van der Waals surface area contributed by atoms with E-state index in [1.807, 2.05) is 30.3 Å². The molecule has 0 saturated heterocycles. The van der Waals surface area contributed by atoms with Gasteiger partial charge in [0.15, 0.2) is 0 Å². The molecule has 2 aromatic rings. The number of carbonyl (C=O) groups excluding carboxylic acids is 1. The molecule has 5 heteroatoms. The van der Waals surface area contributed by atoms with E-state index in [9.17, 15) is 4.79 Å². The van der Waals surface area contributed by atoms with Crippen LogP contribution >= 0.6 is 0 Å². The zero-order valence-corrected chi connectivity index (χ0v) is 10.7. The van der Waals surface area contributed by atoms with Crippen molar-refractivity contribution in [3.05, 3.63) is 59.9 Å². The molecule has 0 aliphatic carbocycles. The molecular formula is C14H16N4O. The summed E-state index contributed by atoms with van der Waals surface area (Å²) in [6.45, 7) is 0.540. The lowest BCUT2D eigenvalue weighted by atomic mass is 10.2. The average molecular weight is 256 g/mol. The zero-order valence-electron chi connectivity index (χ0n) is 10.7. The highest BCUT2D eigenvalue weighted by atomic mass is 16.2. The molecule has 98 valence electrons. The number of amides is 1. The van der Waals surface area contributed by atoms with Gasteiger partial charge in [0, 0.05) is 26.0 Å². The van der Waals surface area contributed by atoms with E-state index in [2.05, 4.69) is 10.4 Å². The first kappa shape index (κ1) is 13.0. The van der Waals surface area contributed by atoms with Gasteiger partial charge in [0.1, 0.15) is 0 Å². The lowest BCUT2D eigenvalue weighted by Crippen LogP contribution is -2.27. The Labute approximate surface area is 112 Å². The van der Waals surface area contributed by atoms with E-state index in [0.717, 1.165) is 5.56 Å². The summed E-state index contributed by atoms with van der Waals surface area (Å²) < 4.78 is 0. The van der Waals surface area contributed by atoms with E-state index in [1.54, 1.807) is 24.2 Å². The van der Waals surface area contributed by atoms with E-state index >= 15 is 0 Å². The normalized spacial score (nSPS) is 10.0. The largest absolute Gasteiger partial charge is 0.337 e. The fraction of sp³-hybridized carbons (Fsp3) is 0.143. The van der Waals surface area contributed by atoms with Gasteiger partial charge in [0.05, 0.1) is 11.3 Å². The van der Waals surface area contributed by atoms with Crippen LogP contribution in [0, 0.1) is 0 Å². The van der Waals surface area contributed by atoms with Crippen molar-refractivity contribution in [2.45, 2.75) is 6.54 Å². The Kier molecular flexibility index (Phi) is 4.10. The number of nitrogens with two attached hydrogens (primary N) is 1. The molecule has 0 spiro atoms. The van der Waals surface area contributed by atoms with Crippen molar-refractivity contribution < 1.29 is 4.79 Å². The number of hydrogen-bond acceptors (Lipinski definition) is 4. The Morgan fingerprint density at radius 3 is 2.74 bits per heavy atom. The topological polar surface area (TPSA) is 71.2 Å². The van der Waals surface area contributed by atoms with Crippen molar-refractivity contribution >= 4 is 11.6 Å². The molecule has 0 radical (unpaired) electrons. The van der Waals surface area contributed by atoms with Gasteiger partial charge in [-0.3, -0.25) is 15.6 Å². The maximum atomic E-state index is 12.3. The second-order valence-corrected chi connectivity index (χ2v) is 4.21. The van der Waals surface area contributed by atoms with E-state index in [4.69, 9.17) is 5.84 Å². The standard InChI is InChI=1S/C14H16N4O/c1-18(10-11-5-3-2-4-6-11)14(19)12-9-16-8-7-13(12)17-15/h2-9H,10,15H2,1H3,(H,16,17). The molecule has 1 aromatic carbocycles. The molecule has 0 saturated carbocycles. The van der Waals surface area contributed by atoms with Gasteiger partial charge in [-0.25, -0.2) is 0 Å². The summed E-state index contributed by atoms with van der Waals surface area (Å²) in [5.41, 5.74) is 4.61. The first-order chi connectivity index (χ1) is 9.22. The lowest BCUT2D eigenvalue weighted by Gasteiger charge is -2.18. The number of hydrogen-bond donors (Lipinski definition) is 2. The summed E-state index contributed by atoms with van der Waals surface area (Å²) in [6.07, 6.45) is 3.10. The van der Waals surface area contributed by atoms with Crippen LogP contribution in [0.2, 0.25) is 0 Å². The third-order valence-corrected chi connectivity index (χ3v) is 2.82. The second kappa shape index (κ2) is 5.97. The first-order valence-electron chi connectivity index (χ1n) is 5.92. The van der Waals surface area contributed by atoms with Crippen LogP contribution in [0.5, 0.6) is 0 Å². The number of nitrogens with one attached hydrogen (secondary N) is 1. The average Bonchev–Trinajstić information content (AvgIpc) is 2.47. The van der Waals surface area contributed by atoms with Crippen LogP contribution in [0.25, 0.3) is 0 Å². The Hall–Kier alpha value is -2.40. The summed E-state index contributed by atoms with van der Waals surface area (Å²) in [7, 11) is 1.75. The summed E-state index contributed by atoms with van der Waals surface area (Å²) in [4.78, 5) is 17.9. The Balaban J connectivity index is 2.15. The van der Waals surface area contributed by atoms with Gasteiger partial charge in [0.2, 0.25) is 0 Å². The number of carbonyl (C=O) groups is 1. The van der Waals surface area contributed by atoms with Crippen LogP contribution in [0.1, 0.15) is 15.9 Å². The molecule has 19 heavy (non-hydrogen) atoms. The minimum atomic E-state index is -0.120.